The molecular formula is C23H25N5O2S. The molecule has 3 aromatic rings. The average molecular weight is 436 g/mol. The number of hydrogen-bond donors (Lipinski definition) is 1. The van der Waals surface area contributed by atoms with E-state index in [0.29, 0.717) is 29.5 Å². The summed E-state index contributed by atoms with van der Waals surface area (Å²) in [6, 6.07) is 17.5. The van der Waals surface area contributed by atoms with Crippen molar-refractivity contribution in [3.63, 3.8) is 0 Å². The maximum Gasteiger partial charge on any atom is 0.250 e. The van der Waals surface area contributed by atoms with E-state index in [1.54, 1.807) is 24.8 Å². The molecule has 0 atom stereocenters. The summed E-state index contributed by atoms with van der Waals surface area (Å²) in [4.78, 5) is 27.5. The van der Waals surface area contributed by atoms with Crippen molar-refractivity contribution < 1.29 is 9.59 Å². The highest BCUT2D eigenvalue weighted by molar-refractivity contribution is 7.99. The predicted octanol–water partition coefficient (Wildman–Crippen LogP) is 3.74. The highest BCUT2D eigenvalue weighted by Crippen LogP contribution is 2.37. The fourth-order valence-electron chi connectivity index (χ4n) is 3.74. The molecule has 2 amide bonds. The molecule has 0 fully saturated rings. The number of hydrogen-bond acceptors (Lipinski definition) is 5. The van der Waals surface area contributed by atoms with Crippen molar-refractivity contribution in [3.8, 4) is 0 Å². The number of nitrogens with one attached hydrogen (secondary N) is 1. The van der Waals surface area contributed by atoms with E-state index < -0.39 is 5.54 Å². The monoisotopic (exact) mass is 435 g/mol. The second kappa shape index (κ2) is 8.55. The van der Waals surface area contributed by atoms with Gasteiger partial charge >= 0.3 is 0 Å². The highest BCUT2D eigenvalue weighted by Gasteiger charge is 2.43. The van der Waals surface area contributed by atoms with Crippen molar-refractivity contribution >= 4 is 35.0 Å². The van der Waals surface area contributed by atoms with Crippen LogP contribution in [-0.2, 0) is 22.6 Å². The Bertz CT molecular complexity index is 1110. The van der Waals surface area contributed by atoms with Crippen molar-refractivity contribution in [3.05, 3.63) is 66.0 Å². The Morgan fingerprint density at radius 2 is 1.77 bits per heavy atom. The van der Waals surface area contributed by atoms with Crippen molar-refractivity contribution in [1.82, 2.24) is 14.8 Å². The van der Waals surface area contributed by atoms with E-state index in [2.05, 4.69) is 27.6 Å². The van der Waals surface area contributed by atoms with Gasteiger partial charge in [-0.05, 0) is 38.5 Å². The van der Waals surface area contributed by atoms with Crippen molar-refractivity contribution in [2.75, 3.05) is 16.0 Å². The lowest BCUT2D eigenvalue weighted by Gasteiger charge is -2.42. The largest absolute Gasteiger partial charge is 0.322 e. The molecule has 1 aromatic heterocycles. The lowest BCUT2D eigenvalue weighted by atomic mass is 9.96. The number of anilines is 2. The van der Waals surface area contributed by atoms with E-state index in [0.717, 1.165) is 11.4 Å². The molecule has 4 rings (SSSR count). The van der Waals surface area contributed by atoms with Crippen LogP contribution in [0, 0.1) is 0 Å². The topological polar surface area (TPSA) is 80.1 Å². The third-order valence-corrected chi connectivity index (χ3v) is 6.35. The lowest BCUT2D eigenvalue weighted by molar-refractivity contribution is -0.125. The number of nitrogens with zero attached hydrogens (tertiary/aromatic N) is 4. The Hall–Kier alpha value is -3.13. The molecular weight excluding hydrogens is 410 g/mol. The molecule has 0 unspecified atom stereocenters. The Morgan fingerprint density at radius 3 is 2.52 bits per heavy atom. The summed E-state index contributed by atoms with van der Waals surface area (Å²) >= 11 is 1.35. The summed E-state index contributed by atoms with van der Waals surface area (Å²) < 4.78 is 2.03. The number of thioether (sulfide) groups is 1. The van der Waals surface area contributed by atoms with Crippen LogP contribution in [0.25, 0.3) is 0 Å². The molecule has 1 aliphatic heterocycles. The minimum Gasteiger partial charge on any atom is -0.322 e. The lowest BCUT2D eigenvalue weighted by Crippen LogP contribution is -2.59. The first-order valence-electron chi connectivity index (χ1n) is 10.2. The van der Waals surface area contributed by atoms with Crippen LogP contribution < -0.4 is 10.2 Å². The number of fused-ring (bicyclic) bond motifs is 1. The molecule has 2 heterocycles. The first-order valence-corrected chi connectivity index (χ1v) is 11.2. The molecule has 0 spiro atoms. The Labute approximate surface area is 185 Å². The van der Waals surface area contributed by atoms with Gasteiger partial charge in [-0.15, -0.1) is 10.2 Å². The molecule has 31 heavy (non-hydrogen) atoms. The van der Waals surface area contributed by atoms with E-state index >= 15 is 0 Å². The van der Waals surface area contributed by atoms with Gasteiger partial charge in [0, 0.05) is 13.0 Å². The maximum absolute atomic E-state index is 13.3. The van der Waals surface area contributed by atoms with Gasteiger partial charge in [0.25, 0.3) is 0 Å². The smallest absolute Gasteiger partial charge is 0.250 e. The zero-order valence-corrected chi connectivity index (χ0v) is 18.6. The van der Waals surface area contributed by atoms with Gasteiger partial charge in [0.05, 0.1) is 17.1 Å². The van der Waals surface area contributed by atoms with Gasteiger partial charge < -0.3 is 9.88 Å². The Morgan fingerprint density at radius 1 is 1.06 bits per heavy atom. The average Bonchev–Trinajstić information content (AvgIpc) is 3.15. The molecule has 1 aliphatic rings. The fraction of sp³-hybridized carbons (Fsp3) is 0.304. The minimum absolute atomic E-state index is 0.146. The number of carbonyl (C=O) groups is 2. The number of benzene rings is 2. The zero-order chi connectivity index (χ0) is 22.0. The molecule has 1 N–H and O–H groups in total. The van der Waals surface area contributed by atoms with Crippen LogP contribution in [0.15, 0.2) is 59.8 Å². The van der Waals surface area contributed by atoms with Crippen LogP contribution in [0.4, 0.5) is 11.4 Å². The van der Waals surface area contributed by atoms with E-state index in [1.807, 2.05) is 47.9 Å². The quantitative estimate of drug-likeness (QED) is 0.597. The van der Waals surface area contributed by atoms with Gasteiger partial charge in [0.2, 0.25) is 11.8 Å². The van der Waals surface area contributed by atoms with E-state index in [9.17, 15) is 9.59 Å². The Balaban J connectivity index is 1.53. The second-order valence-electron chi connectivity index (χ2n) is 7.85. The van der Waals surface area contributed by atoms with Gasteiger partial charge in [-0.2, -0.15) is 0 Å². The summed E-state index contributed by atoms with van der Waals surface area (Å²) in [6.07, 6.45) is 0.683. The molecule has 2 aromatic carbocycles. The normalized spacial score (nSPS) is 14.8. The fourth-order valence-corrected chi connectivity index (χ4v) is 4.61. The summed E-state index contributed by atoms with van der Waals surface area (Å²) in [5.74, 6) is 0.680. The zero-order valence-electron chi connectivity index (χ0n) is 17.8. The maximum atomic E-state index is 13.3. The van der Waals surface area contributed by atoms with Crippen molar-refractivity contribution in [1.29, 1.82) is 0 Å². The summed E-state index contributed by atoms with van der Waals surface area (Å²) in [6.45, 7) is 6.27. The SMILES string of the molecule is CCn1c(Cc2ccccc2)nnc1SCC(=O)N1c2ccccc2NC(=O)C1(C)C. The van der Waals surface area contributed by atoms with Crippen LogP contribution in [-0.4, -0.2) is 37.9 Å². The number of para-hydroxylation sites is 2. The molecule has 0 saturated heterocycles. The molecule has 7 nitrogen and oxygen atoms in total. The molecule has 0 radical (unpaired) electrons. The Kier molecular flexibility index (Phi) is 5.82. The molecule has 0 aliphatic carbocycles. The molecule has 0 saturated carbocycles. The van der Waals surface area contributed by atoms with Crippen LogP contribution in [0.2, 0.25) is 0 Å². The number of carbonyl (C=O) groups excluding carboxylic acids is 2. The summed E-state index contributed by atoms with van der Waals surface area (Å²) in [5.41, 5.74) is 1.53. The van der Waals surface area contributed by atoms with Gasteiger partial charge in [-0.25, -0.2) is 0 Å². The standard InChI is InChI=1S/C23H25N5O2S/c1-4-27-19(14-16-10-6-5-7-11-16)25-26-22(27)31-15-20(29)28-18-13-9-8-12-17(18)24-21(30)23(28,2)3/h5-13H,4,14-15H2,1-3H3,(H,24,30). The highest BCUT2D eigenvalue weighted by atomic mass is 32.2. The minimum atomic E-state index is -0.983. The van der Waals surface area contributed by atoms with Crippen LogP contribution in [0.3, 0.4) is 0 Å². The summed E-state index contributed by atoms with van der Waals surface area (Å²) in [7, 11) is 0. The van der Waals surface area contributed by atoms with Gasteiger partial charge in [0.15, 0.2) is 5.16 Å². The van der Waals surface area contributed by atoms with Crippen molar-refractivity contribution in [2.45, 2.75) is 44.4 Å². The predicted molar refractivity (Wildman–Crippen MR) is 122 cm³/mol. The van der Waals surface area contributed by atoms with Crippen molar-refractivity contribution in [2.24, 2.45) is 0 Å². The van der Waals surface area contributed by atoms with Crippen LogP contribution in [0.5, 0.6) is 0 Å². The molecule has 0 bridgehead atoms. The third-order valence-electron chi connectivity index (χ3n) is 5.40. The second-order valence-corrected chi connectivity index (χ2v) is 8.80. The first kappa shape index (κ1) is 21.1. The number of rotatable bonds is 6. The third kappa shape index (κ3) is 4.07. The molecule has 160 valence electrons. The number of aromatic nitrogens is 3. The van der Waals surface area contributed by atoms with Crippen LogP contribution >= 0.6 is 11.8 Å². The van der Waals surface area contributed by atoms with Gasteiger partial charge in [-0.1, -0.05) is 54.2 Å². The van der Waals surface area contributed by atoms with Gasteiger partial charge in [0.1, 0.15) is 11.4 Å². The van der Waals surface area contributed by atoms with Crippen LogP contribution in [0.1, 0.15) is 32.2 Å². The molecule has 8 heteroatoms. The van der Waals surface area contributed by atoms with E-state index in [4.69, 9.17) is 0 Å². The van der Waals surface area contributed by atoms with Gasteiger partial charge in [-0.3, -0.25) is 14.5 Å². The number of amides is 2. The van der Waals surface area contributed by atoms with E-state index in [-0.39, 0.29) is 17.6 Å². The van der Waals surface area contributed by atoms with E-state index in [1.165, 1.54) is 11.8 Å². The summed E-state index contributed by atoms with van der Waals surface area (Å²) in [5, 5.41) is 12.3. The first-order chi connectivity index (χ1) is 14.9.